The van der Waals surface area contributed by atoms with Crippen LogP contribution >= 0.6 is 0 Å². The number of nitrogens with zero attached hydrogens (tertiary/aromatic N) is 1. The number of aromatic nitrogens is 1. The summed E-state index contributed by atoms with van der Waals surface area (Å²) in [5.74, 6) is 1.06. The lowest BCUT2D eigenvalue weighted by Gasteiger charge is -2.26. The molecule has 2 aliphatic carbocycles. The molecule has 4 rings (SSSR count). The lowest BCUT2D eigenvalue weighted by Crippen LogP contribution is -2.27. The number of hydrogen-bond acceptors (Lipinski definition) is 2. The highest BCUT2D eigenvalue weighted by Gasteiger charge is 2.19. The molecule has 0 fully saturated rings. The molecule has 102 valence electrons. The molecular formula is C18H20N2. The van der Waals surface area contributed by atoms with Gasteiger partial charge in [0, 0.05) is 11.7 Å². The molecule has 1 aromatic heterocycles. The van der Waals surface area contributed by atoms with E-state index in [1.54, 1.807) is 0 Å². The van der Waals surface area contributed by atoms with E-state index in [1.807, 2.05) is 0 Å². The summed E-state index contributed by atoms with van der Waals surface area (Å²) in [5, 5.41) is 3.64. The number of benzene rings is 1. The average molecular weight is 264 g/mol. The lowest BCUT2D eigenvalue weighted by molar-refractivity contribution is 0.608. The zero-order valence-corrected chi connectivity index (χ0v) is 11.7. The van der Waals surface area contributed by atoms with Gasteiger partial charge in [0.25, 0.3) is 0 Å². The van der Waals surface area contributed by atoms with E-state index in [2.05, 4.69) is 41.7 Å². The highest BCUT2D eigenvalue weighted by molar-refractivity contribution is 5.42. The first-order valence-corrected chi connectivity index (χ1v) is 7.70. The van der Waals surface area contributed by atoms with Gasteiger partial charge in [0.2, 0.25) is 0 Å². The largest absolute Gasteiger partial charge is 0.367 e. The summed E-state index contributed by atoms with van der Waals surface area (Å²) in [6.07, 6.45) is 7.13. The number of hydrogen-bond donors (Lipinski definition) is 1. The zero-order valence-electron chi connectivity index (χ0n) is 11.7. The Balaban J connectivity index is 1.50. The minimum absolute atomic E-state index is 0.525. The van der Waals surface area contributed by atoms with Crippen molar-refractivity contribution >= 4 is 5.82 Å². The molecule has 1 aromatic carbocycles. The molecule has 0 saturated heterocycles. The normalized spacial score (nSPS) is 20.3. The van der Waals surface area contributed by atoms with Crippen LogP contribution in [0, 0.1) is 0 Å². The van der Waals surface area contributed by atoms with Crippen LogP contribution < -0.4 is 5.32 Å². The Morgan fingerprint density at radius 3 is 2.75 bits per heavy atom. The van der Waals surface area contributed by atoms with Gasteiger partial charge in [0.15, 0.2) is 0 Å². The molecule has 1 N–H and O–H groups in total. The second kappa shape index (κ2) is 4.93. The molecular weight excluding hydrogens is 244 g/mol. The summed E-state index contributed by atoms with van der Waals surface area (Å²) in [6.45, 7) is 0. The van der Waals surface area contributed by atoms with Gasteiger partial charge in [-0.3, -0.25) is 0 Å². The number of nitrogens with one attached hydrogen (secondary N) is 1. The fourth-order valence-electron chi connectivity index (χ4n) is 3.53. The smallest absolute Gasteiger partial charge is 0.126 e. The minimum Gasteiger partial charge on any atom is -0.367 e. The van der Waals surface area contributed by atoms with Gasteiger partial charge in [-0.05, 0) is 61.3 Å². The van der Waals surface area contributed by atoms with Gasteiger partial charge in [-0.25, -0.2) is 4.98 Å². The Labute approximate surface area is 120 Å². The van der Waals surface area contributed by atoms with E-state index in [4.69, 9.17) is 4.98 Å². The molecule has 1 heterocycles. The van der Waals surface area contributed by atoms with Gasteiger partial charge in [0.1, 0.15) is 5.82 Å². The van der Waals surface area contributed by atoms with Gasteiger partial charge in [0.05, 0.1) is 0 Å². The second-order valence-corrected chi connectivity index (χ2v) is 6.01. The monoisotopic (exact) mass is 264 g/mol. The van der Waals surface area contributed by atoms with Crippen molar-refractivity contribution in [1.29, 1.82) is 0 Å². The number of anilines is 1. The van der Waals surface area contributed by atoms with Crippen molar-refractivity contribution < 1.29 is 0 Å². The van der Waals surface area contributed by atoms with Crippen LogP contribution in [-0.4, -0.2) is 11.0 Å². The first kappa shape index (κ1) is 12.0. The van der Waals surface area contributed by atoms with Crippen LogP contribution in [0.1, 0.15) is 35.2 Å². The maximum absolute atomic E-state index is 4.79. The zero-order chi connectivity index (χ0) is 13.4. The molecule has 0 saturated carbocycles. The maximum atomic E-state index is 4.79. The van der Waals surface area contributed by atoms with Crippen molar-refractivity contribution in [2.75, 3.05) is 5.32 Å². The van der Waals surface area contributed by atoms with E-state index in [0.717, 1.165) is 18.7 Å². The summed E-state index contributed by atoms with van der Waals surface area (Å²) < 4.78 is 0. The van der Waals surface area contributed by atoms with Crippen LogP contribution in [-0.2, 0) is 25.7 Å². The highest BCUT2D eigenvalue weighted by atomic mass is 15.0. The molecule has 0 amide bonds. The number of aryl methyl sites for hydroxylation is 3. The third kappa shape index (κ3) is 2.20. The molecule has 0 spiro atoms. The standard InChI is InChI=1S/C18H20N2/c1-2-5-15-12-16(10-8-13(15)4-1)19-18-11-9-14-6-3-7-17(14)20-18/h1-2,4-5,9,11,16H,3,6-8,10,12H2,(H,19,20). The number of rotatable bonds is 2. The Hall–Kier alpha value is -1.83. The van der Waals surface area contributed by atoms with Gasteiger partial charge in [-0.2, -0.15) is 0 Å². The van der Waals surface area contributed by atoms with Crippen LogP contribution in [0.2, 0.25) is 0 Å². The summed E-state index contributed by atoms with van der Waals surface area (Å²) >= 11 is 0. The minimum atomic E-state index is 0.525. The summed E-state index contributed by atoms with van der Waals surface area (Å²) in [4.78, 5) is 4.79. The van der Waals surface area contributed by atoms with Crippen LogP contribution in [0.5, 0.6) is 0 Å². The lowest BCUT2D eigenvalue weighted by atomic mass is 9.88. The van der Waals surface area contributed by atoms with E-state index < -0.39 is 0 Å². The van der Waals surface area contributed by atoms with Crippen LogP contribution in [0.3, 0.4) is 0 Å². The van der Waals surface area contributed by atoms with E-state index >= 15 is 0 Å². The molecule has 2 aliphatic rings. The van der Waals surface area contributed by atoms with Crippen LogP contribution in [0.25, 0.3) is 0 Å². The third-order valence-electron chi connectivity index (χ3n) is 4.63. The van der Waals surface area contributed by atoms with Crippen molar-refractivity contribution in [1.82, 2.24) is 4.98 Å². The Morgan fingerprint density at radius 2 is 1.80 bits per heavy atom. The predicted octanol–water partition coefficient (Wildman–Crippen LogP) is 3.54. The van der Waals surface area contributed by atoms with Crippen LogP contribution in [0.4, 0.5) is 5.82 Å². The molecule has 0 aliphatic heterocycles. The second-order valence-electron chi connectivity index (χ2n) is 6.01. The van der Waals surface area contributed by atoms with Gasteiger partial charge in [-0.1, -0.05) is 30.3 Å². The Bertz CT molecular complexity index is 633. The molecule has 2 heteroatoms. The van der Waals surface area contributed by atoms with Gasteiger partial charge in [-0.15, -0.1) is 0 Å². The molecule has 1 atom stereocenters. The SMILES string of the molecule is c1ccc2c(c1)CCC(Nc1ccc3c(n1)CCC3)C2. The van der Waals surface area contributed by atoms with Crippen LogP contribution in [0.15, 0.2) is 36.4 Å². The maximum Gasteiger partial charge on any atom is 0.126 e. The summed E-state index contributed by atoms with van der Waals surface area (Å²) in [7, 11) is 0. The van der Waals surface area contributed by atoms with Gasteiger partial charge < -0.3 is 5.32 Å². The number of fused-ring (bicyclic) bond motifs is 2. The topological polar surface area (TPSA) is 24.9 Å². The predicted molar refractivity (Wildman–Crippen MR) is 82.1 cm³/mol. The summed E-state index contributed by atoms with van der Waals surface area (Å²) in [5.41, 5.74) is 5.78. The number of pyridine rings is 1. The van der Waals surface area contributed by atoms with Gasteiger partial charge >= 0.3 is 0 Å². The molecule has 2 aromatic rings. The molecule has 20 heavy (non-hydrogen) atoms. The van der Waals surface area contributed by atoms with E-state index in [-0.39, 0.29) is 0 Å². The fourth-order valence-corrected chi connectivity index (χ4v) is 3.53. The third-order valence-corrected chi connectivity index (χ3v) is 4.63. The average Bonchev–Trinajstić information content (AvgIpc) is 2.95. The highest BCUT2D eigenvalue weighted by Crippen LogP contribution is 2.25. The molecule has 0 bridgehead atoms. The van der Waals surface area contributed by atoms with Crippen molar-refractivity contribution in [2.45, 2.75) is 44.6 Å². The van der Waals surface area contributed by atoms with Crippen molar-refractivity contribution in [3.05, 3.63) is 58.8 Å². The fraction of sp³-hybridized carbons (Fsp3) is 0.389. The van der Waals surface area contributed by atoms with Crippen molar-refractivity contribution in [2.24, 2.45) is 0 Å². The Morgan fingerprint density at radius 1 is 0.900 bits per heavy atom. The molecule has 2 nitrogen and oxygen atoms in total. The molecule has 0 radical (unpaired) electrons. The first-order valence-electron chi connectivity index (χ1n) is 7.70. The Kier molecular flexibility index (Phi) is 2.95. The first-order chi connectivity index (χ1) is 9.88. The summed E-state index contributed by atoms with van der Waals surface area (Å²) in [6, 6.07) is 13.8. The quantitative estimate of drug-likeness (QED) is 0.897. The van der Waals surface area contributed by atoms with E-state index in [0.29, 0.717) is 6.04 Å². The van der Waals surface area contributed by atoms with Crippen molar-refractivity contribution in [3.63, 3.8) is 0 Å². The molecule has 1 unspecified atom stereocenters. The van der Waals surface area contributed by atoms with E-state index in [1.165, 1.54) is 48.1 Å². The van der Waals surface area contributed by atoms with E-state index in [9.17, 15) is 0 Å². The van der Waals surface area contributed by atoms with Crippen molar-refractivity contribution in [3.8, 4) is 0 Å².